The number of aliphatic hydroxyl groups excluding tert-OH is 5. The third-order valence-corrected chi connectivity index (χ3v) is 8.25. The summed E-state index contributed by atoms with van der Waals surface area (Å²) < 4.78 is 40.6. The largest absolute Gasteiger partial charge is 0.504 e. The zero-order chi connectivity index (χ0) is 34.0. The average molecular weight is 662 g/mol. The smallest absolute Gasteiger partial charge is 0.341 e. The fourth-order valence-electron chi connectivity index (χ4n) is 5.57. The van der Waals surface area contributed by atoms with E-state index in [2.05, 4.69) is 5.32 Å². The SMILES string of the molecule is C/C(=C\c1ccc(O[C@H]2O[C@@H](/C(C)=C/COC(=O)c3ccccc3F)[C@@H](O)[C@@H]2O)c(O)c1)C(=O)N[C@@H]1[C@H](O)[C@@H](O)[C@H]2OCO[C@H]2[C@@H]1O. The first-order chi connectivity index (χ1) is 22.4. The first-order valence-electron chi connectivity index (χ1n) is 14.7. The molecular weight excluding hydrogens is 625 g/mol. The summed E-state index contributed by atoms with van der Waals surface area (Å²) in [7, 11) is 0. The lowest BCUT2D eigenvalue weighted by molar-refractivity contribution is -0.155. The molecule has 0 aromatic heterocycles. The summed E-state index contributed by atoms with van der Waals surface area (Å²) >= 11 is 0. The molecule has 0 bridgehead atoms. The number of amides is 1. The number of benzene rings is 2. The van der Waals surface area contributed by atoms with E-state index < -0.39 is 78.9 Å². The molecule has 3 fully saturated rings. The van der Waals surface area contributed by atoms with Crippen molar-refractivity contribution < 1.29 is 68.3 Å². The van der Waals surface area contributed by atoms with Crippen LogP contribution < -0.4 is 10.1 Å². The van der Waals surface area contributed by atoms with Crippen LogP contribution in [0.25, 0.3) is 6.08 Å². The Kier molecular flexibility index (Phi) is 10.6. The van der Waals surface area contributed by atoms with E-state index in [0.29, 0.717) is 11.1 Å². The molecule has 14 nitrogen and oxygen atoms in total. The van der Waals surface area contributed by atoms with Gasteiger partial charge in [-0.1, -0.05) is 18.2 Å². The normalized spacial score (nSPS) is 32.5. The van der Waals surface area contributed by atoms with Crippen LogP contribution in [0.2, 0.25) is 0 Å². The van der Waals surface area contributed by atoms with Gasteiger partial charge in [-0.15, -0.1) is 0 Å². The molecule has 2 heterocycles. The summed E-state index contributed by atoms with van der Waals surface area (Å²) in [6.45, 7) is 2.62. The Balaban J connectivity index is 1.17. The van der Waals surface area contributed by atoms with Gasteiger partial charge in [0.25, 0.3) is 0 Å². The summed E-state index contributed by atoms with van der Waals surface area (Å²) in [4.78, 5) is 25.0. The molecule has 2 aromatic carbocycles. The highest BCUT2D eigenvalue weighted by molar-refractivity contribution is 5.97. The van der Waals surface area contributed by atoms with Gasteiger partial charge in [0.2, 0.25) is 12.2 Å². The van der Waals surface area contributed by atoms with Crippen molar-refractivity contribution >= 4 is 18.0 Å². The van der Waals surface area contributed by atoms with Crippen molar-refractivity contribution in [3.05, 3.63) is 76.6 Å². The number of carbonyl (C=O) groups excluding carboxylic acids is 2. The Labute approximate surface area is 268 Å². The number of hydrogen-bond donors (Lipinski definition) is 7. The topological polar surface area (TPSA) is 214 Å². The molecule has 5 rings (SSSR count). The van der Waals surface area contributed by atoms with E-state index in [1.165, 1.54) is 55.5 Å². The molecule has 1 saturated carbocycles. The molecule has 47 heavy (non-hydrogen) atoms. The van der Waals surface area contributed by atoms with Gasteiger partial charge < -0.3 is 59.6 Å². The maximum Gasteiger partial charge on any atom is 0.341 e. The fraction of sp³-hybridized carbons (Fsp3) is 0.438. The summed E-state index contributed by atoms with van der Waals surface area (Å²) in [5.74, 6) is -2.74. The van der Waals surface area contributed by atoms with E-state index in [-0.39, 0.29) is 36.0 Å². The van der Waals surface area contributed by atoms with Crippen LogP contribution in [0, 0.1) is 5.82 Å². The predicted molar refractivity (Wildman–Crippen MR) is 158 cm³/mol. The van der Waals surface area contributed by atoms with Crippen molar-refractivity contribution in [2.45, 2.75) is 75.0 Å². The third kappa shape index (κ3) is 7.32. The highest BCUT2D eigenvalue weighted by Gasteiger charge is 2.53. The van der Waals surface area contributed by atoms with E-state index in [1.54, 1.807) is 6.92 Å². The second-order valence-electron chi connectivity index (χ2n) is 11.5. The van der Waals surface area contributed by atoms with Crippen LogP contribution in [-0.4, -0.2) is 117 Å². The molecule has 0 spiro atoms. The second-order valence-corrected chi connectivity index (χ2v) is 11.5. The summed E-state index contributed by atoms with van der Waals surface area (Å²) in [6, 6.07) is 8.24. The molecule has 2 saturated heterocycles. The van der Waals surface area contributed by atoms with Crippen molar-refractivity contribution in [1.29, 1.82) is 0 Å². The molecule has 2 aliphatic heterocycles. The van der Waals surface area contributed by atoms with Crippen molar-refractivity contribution in [2.75, 3.05) is 13.4 Å². The lowest BCUT2D eigenvalue weighted by Crippen LogP contribution is -2.67. The summed E-state index contributed by atoms with van der Waals surface area (Å²) in [6.07, 6.45) is -8.63. The van der Waals surface area contributed by atoms with Gasteiger partial charge in [0.1, 0.15) is 68.0 Å². The number of hydrogen-bond acceptors (Lipinski definition) is 13. The number of rotatable bonds is 9. The number of carbonyl (C=O) groups is 2. The van der Waals surface area contributed by atoms with Crippen LogP contribution in [0.4, 0.5) is 4.39 Å². The minimum absolute atomic E-state index is 0.0996. The van der Waals surface area contributed by atoms with Crippen LogP contribution >= 0.6 is 0 Å². The Morgan fingerprint density at radius 2 is 1.66 bits per heavy atom. The molecule has 3 aliphatic rings. The lowest BCUT2D eigenvalue weighted by atomic mass is 9.83. The number of phenols is 1. The maximum absolute atomic E-state index is 13.8. The molecule has 254 valence electrons. The van der Waals surface area contributed by atoms with Crippen molar-refractivity contribution in [1.82, 2.24) is 5.32 Å². The molecule has 7 N–H and O–H groups in total. The van der Waals surface area contributed by atoms with E-state index in [9.17, 15) is 44.6 Å². The zero-order valence-electron chi connectivity index (χ0n) is 25.3. The molecule has 15 heteroatoms. The Morgan fingerprint density at radius 1 is 0.957 bits per heavy atom. The third-order valence-electron chi connectivity index (χ3n) is 8.25. The van der Waals surface area contributed by atoms with Crippen LogP contribution in [0.5, 0.6) is 11.5 Å². The van der Waals surface area contributed by atoms with Crippen LogP contribution in [-0.2, 0) is 23.7 Å². The maximum atomic E-state index is 13.8. The molecule has 10 atom stereocenters. The number of aliphatic hydroxyl groups is 5. The summed E-state index contributed by atoms with van der Waals surface area (Å²) in [5, 5.41) is 65.5. The van der Waals surface area contributed by atoms with E-state index in [4.69, 9.17) is 23.7 Å². The predicted octanol–water partition coefficient (Wildman–Crippen LogP) is -0.114. The first-order valence-corrected chi connectivity index (χ1v) is 14.7. The van der Waals surface area contributed by atoms with Crippen molar-refractivity contribution in [2.24, 2.45) is 0 Å². The van der Waals surface area contributed by atoms with E-state index in [0.717, 1.165) is 6.07 Å². The minimum Gasteiger partial charge on any atom is -0.504 e. The van der Waals surface area contributed by atoms with Gasteiger partial charge in [-0.2, -0.15) is 0 Å². The van der Waals surface area contributed by atoms with Crippen LogP contribution in [0.15, 0.2) is 59.7 Å². The Morgan fingerprint density at radius 3 is 2.36 bits per heavy atom. The quantitative estimate of drug-likeness (QED) is 0.106. The van der Waals surface area contributed by atoms with E-state index in [1.807, 2.05) is 0 Å². The summed E-state index contributed by atoms with van der Waals surface area (Å²) in [5.41, 5.74) is 0.677. The fourth-order valence-corrected chi connectivity index (χ4v) is 5.57. The zero-order valence-corrected chi connectivity index (χ0v) is 25.3. The van der Waals surface area contributed by atoms with Crippen LogP contribution in [0.1, 0.15) is 29.8 Å². The molecule has 0 unspecified atom stereocenters. The first kappa shape index (κ1) is 34.4. The molecule has 1 amide bonds. The highest BCUT2D eigenvalue weighted by atomic mass is 19.1. The number of nitrogens with one attached hydrogen (secondary N) is 1. The van der Waals surface area contributed by atoms with Gasteiger partial charge in [0, 0.05) is 5.57 Å². The number of esters is 1. The molecular formula is C32H36FNO13. The highest BCUT2D eigenvalue weighted by Crippen LogP contribution is 2.34. The van der Waals surface area contributed by atoms with Crippen molar-refractivity contribution in [3.63, 3.8) is 0 Å². The molecule has 0 radical (unpaired) electrons. The van der Waals surface area contributed by atoms with Gasteiger partial charge in [-0.25, -0.2) is 9.18 Å². The van der Waals surface area contributed by atoms with Crippen LogP contribution in [0.3, 0.4) is 0 Å². The van der Waals surface area contributed by atoms with E-state index >= 15 is 0 Å². The second kappa shape index (κ2) is 14.5. The Hall–Kier alpha value is -3.93. The number of ether oxygens (including phenoxy) is 5. The monoisotopic (exact) mass is 661 g/mol. The minimum atomic E-state index is -1.52. The molecule has 2 aromatic rings. The van der Waals surface area contributed by atoms with Gasteiger partial charge in [0.05, 0.1) is 11.6 Å². The lowest BCUT2D eigenvalue weighted by Gasteiger charge is -2.41. The average Bonchev–Trinajstić information content (AvgIpc) is 3.65. The standard InChI is InChI=1S/C32H36FNO13/c1-14(9-10-43-31(42)17-5-3-4-6-18(17)33)27-25(39)26(40)32(47-27)46-20-8-7-16(12-19(20)35)11-15(2)30(41)34-21-22(36)24(38)29-28(23(21)37)44-13-45-29/h3-9,11-12,21-29,32,35-40H,10,13H2,1-2H3,(H,34,41)/b14-9+,15-11+/t21-,22+,23-,24-,25+,26+,27+,28+,29-,32+/m1/s1. The van der Waals surface area contributed by atoms with Gasteiger partial charge in [0.15, 0.2) is 11.5 Å². The van der Waals surface area contributed by atoms with Gasteiger partial charge in [-0.3, -0.25) is 4.79 Å². The number of phenolic OH excluding ortho intramolecular Hbond substituents is 1. The van der Waals surface area contributed by atoms with Crippen molar-refractivity contribution in [3.8, 4) is 11.5 Å². The molecule has 1 aliphatic carbocycles. The number of aromatic hydroxyl groups is 1. The van der Waals surface area contributed by atoms with Gasteiger partial charge >= 0.3 is 5.97 Å². The Bertz CT molecular complexity index is 1530. The van der Waals surface area contributed by atoms with Gasteiger partial charge in [-0.05, 0) is 61.4 Å². The number of fused-ring (bicyclic) bond motifs is 1. The number of halogens is 1.